The van der Waals surface area contributed by atoms with Gasteiger partial charge >= 0.3 is 0 Å². The molecule has 2 aromatic rings. The minimum Gasteiger partial charge on any atom is -0.355 e. The number of amides is 3. The van der Waals surface area contributed by atoms with Crippen molar-refractivity contribution in [3.05, 3.63) is 35.8 Å². The normalized spacial score (nSPS) is 29.7. The van der Waals surface area contributed by atoms with Crippen molar-refractivity contribution in [2.24, 2.45) is 29.1 Å². The topological polar surface area (TPSA) is 99.0 Å². The molecule has 2 aromatic heterocycles. The van der Waals surface area contributed by atoms with Gasteiger partial charge in [0.25, 0.3) is 11.8 Å². The van der Waals surface area contributed by atoms with Crippen molar-refractivity contribution in [3.63, 3.8) is 0 Å². The first kappa shape index (κ1) is 26.3. The van der Waals surface area contributed by atoms with Crippen molar-refractivity contribution in [1.29, 1.82) is 0 Å². The third-order valence-electron chi connectivity index (χ3n) is 9.67. The van der Waals surface area contributed by atoms with Crippen LogP contribution >= 0.6 is 0 Å². The summed E-state index contributed by atoms with van der Waals surface area (Å²) in [4.78, 5) is 47.8. The fourth-order valence-corrected chi connectivity index (χ4v) is 8.25. The highest BCUT2D eigenvalue weighted by Gasteiger charge is 2.50. The van der Waals surface area contributed by atoms with Gasteiger partial charge in [0.05, 0.1) is 5.92 Å². The number of hydrogen-bond donors (Lipinski definition) is 2. The molecule has 4 bridgehead atoms. The zero-order chi connectivity index (χ0) is 27.1. The molecular weight excluding hydrogens is 492 g/mol. The molecule has 3 heterocycles. The number of pyridine rings is 1. The number of hydrogen-bond acceptors (Lipinski definition) is 5. The van der Waals surface area contributed by atoms with Crippen molar-refractivity contribution >= 4 is 23.4 Å². The second kappa shape index (κ2) is 10.6. The number of fused-ring (bicyclic) bond motifs is 1. The van der Waals surface area contributed by atoms with E-state index in [0.29, 0.717) is 36.7 Å². The van der Waals surface area contributed by atoms with Gasteiger partial charge in [-0.15, -0.1) is 0 Å². The number of nitrogens with one attached hydrogen (secondary N) is 2. The summed E-state index contributed by atoms with van der Waals surface area (Å²) >= 11 is 0. The lowest BCUT2D eigenvalue weighted by molar-refractivity contribution is -0.126. The predicted octanol–water partition coefficient (Wildman–Crippen LogP) is 2.81. The maximum Gasteiger partial charge on any atom is 0.274 e. The highest BCUT2D eigenvalue weighted by molar-refractivity contribution is 5.96. The molecule has 0 radical (unpaired) electrons. The highest BCUT2D eigenvalue weighted by atomic mass is 16.2. The molecular formula is C30H42N6O3. The SMILES string of the molecule is CN(C)CCNC(=O)C1CCCN(C(=O)c2cn3c(C(=O)NCC45CC6CC(CC(C6)C4)C5)cccc3n2)C1. The minimum absolute atomic E-state index is 0.00216. The standard InChI is InChI=1S/C30H42N6O3/c1-34(2)10-8-31-27(37)23-5-4-9-35(17-23)29(39)24-18-36-25(6-3-7-26(36)33-24)28(38)32-19-30-14-20-11-21(15-30)13-22(12-20)16-30/h3,6-7,18,20-23H,4-5,8-17,19H2,1-2H3,(H,31,37)(H,32,38). The Kier molecular flexibility index (Phi) is 7.12. The van der Waals surface area contributed by atoms with Crippen LogP contribution in [0.1, 0.15) is 72.3 Å². The average molecular weight is 535 g/mol. The number of carbonyl (C=O) groups excluding carboxylic acids is 3. The zero-order valence-corrected chi connectivity index (χ0v) is 23.3. The fourth-order valence-electron chi connectivity index (χ4n) is 8.25. The van der Waals surface area contributed by atoms with E-state index in [-0.39, 0.29) is 29.1 Å². The maximum absolute atomic E-state index is 13.4. The first-order valence-corrected chi connectivity index (χ1v) is 14.8. The maximum atomic E-state index is 13.4. The van der Waals surface area contributed by atoms with Gasteiger partial charge in [0.15, 0.2) is 0 Å². The highest BCUT2D eigenvalue weighted by Crippen LogP contribution is 2.59. The summed E-state index contributed by atoms with van der Waals surface area (Å²) < 4.78 is 1.73. The smallest absolute Gasteiger partial charge is 0.274 e. The summed E-state index contributed by atoms with van der Waals surface area (Å²) in [5.41, 5.74) is 1.65. The van der Waals surface area contributed by atoms with Gasteiger partial charge < -0.3 is 20.4 Å². The number of rotatable bonds is 8. The van der Waals surface area contributed by atoms with Crippen molar-refractivity contribution in [3.8, 4) is 0 Å². The van der Waals surface area contributed by atoms with Crippen LogP contribution in [0.25, 0.3) is 5.65 Å². The van der Waals surface area contributed by atoms with Crippen LogP contribution in [0.4, 0.5) is 0 Å². The molecule has 210 valence electrons. The largest absolute Gasteiger partial charge is 0.355 e. The van der Waals surface area contributed by atoms with Crippen LogP contribution in [0.5, 0.6) is 0 Å². The van der Waals surface area contributed by atoms with Gasteiger partial charge in [-0.3, -0.25) is 18.8 Å². The number of likely N-dealkylation sites (N-methyl/N-ethyl adjacent to an activating group) is 1. The van der Waals surface area contributed by atoms with E-state index in [0.717, 1.165) is 43.7 Å². The Bertz CT molecular complexity index is 1220. The molecule has 0 aromatic carbocycles. The number of aromatic nitrogens is 2. The van der Waals surface area contributed by atoms with E-state index >= 15 is 0 Å². The Balaban J connectivity index is 1.11. The molecule has 1 atom stereocenters. The molecule has 2 N–H and O–H groups in total. The van der Waals surface area contributed by atoms with Gasteiger partial charge in [0.1, 0.15) is 17.0 Å². The third-order valence-corrected chi connectivity index (χ3v) is 9.67. The molecule has 3 amide bonds. The van der Waals surface area contributed by atoms with Crippen LogP contribution in [0.3, 0.4) is 0 Å². The summed E-state index contributed by atoms with van der Waals surface area (Å²) in [5.74, 6) is 2.02. The van der Waals surface area contributed by atoms with E-state index in [9.17, 15) is 14.4 Å². The molecule has 1 aliphatic heterocycles. The van der Waals surface area contributed by atoms with E-state index in [4.69, 9.17) is 0 Å². The van der Waals surface area contributed by atoms with Crippen LogP contribution in [-0.4, -0.2) is 83.7 Å². The molecule has 9 nitrogen and oxygen atoms in total. The molecule has 5 aliphatic rings. The Hall–Kier alpha value is -2.94. The first-order valence-electron chi connectivity index (χ1n) is 14.8. The van der Waals surface area contributed by atoms with Gasteiger partial charge in [-0.25, -0.2) is 4.98 Å². The molecule has 7 rings (SSSR count). The van der Waals surface area contributed by atoms with Gasteiger partial charge in [0.2, 0.25) is 5.91 Å². The minimum atomic E-state index is -0.215. The van der Waals surface area contributed by atoms with E-state index in [1.54, 1.807) is 21.6 Å². The van der Waals surface area contributed by atoms with Crippen LogP contribution in [0.2, 0.25) is 0 Å². The Labute approximate surface area is 230 Å². The monoisotopic (exact) mass is 534 g/mol. The van der Waals surface area contributed by atoms with Gasteiger partial charge in [-0.05, 0) is 101 Å². The molecule has 4 aliphatic carbocycles. The molecule has 39 heavy (non-hydrogen) atoms. The lowest BCUT2D eigenvalue weighted by atomic mass is 9.49. The second-order valence-electron chi connectivity index (χ2n) is 13.1. The summed E-state index contributed by atoms with van der Waals surface area (Å²) in [5, 5.41) is 6.26. The lowest BCUT2D eigenvalue weighted by Crippen LogP contribution is -2.51. The lowest BCUT2D eigenvalue weighted by Gasteiger charge is -2.56. The Morgan fingerprint density at radius 3 is 2.46 bits per heavy atom. The Morgan fingerprint density at radius 1 is 1.05 bits per heavy atom. The molecule has 0 spiro atoms. The number of carbonyl (C=O) groups is 3. The molecule has 1 unspecified atom stereocenters. The van der Waals surface area contributed by atoms with Crippen LogP contribution < -0.4 is 10.6 Å². The first-order chi connectivity index (χ1) is 18.8. The fraction of sp³-hybridized carbons (Fsp3) is 0.667. The molecule has 1 saturated heterocycles. The summed E-state index contributed by atoms with van der Waals surface area (Å²) in [6.45, 7) is 3.10. The van der Waals surface area contributed by atoms with Gasteiger partial charge in [-0.2, -0.15) is 0 Å². The van der Waals surface area contributed by atoms with E-state index in [1.807, 2.05) is 31.1 Å². The van der Waals surface area contributed by atoms with Crippen molar-refractivity contribution in [2.75, 3.05) is 46.8 Å². The molecule has 9 heteroatoms. The zero-order valence-electron chi connectivity index (χ0n) is 23.3. The van der Waals surface area contributed by atoms with Gasteiger partial charge in [-0.1, -0.05) is 6.07 Å². The molecule has 5 fully saturated rings. The van der Waals surface area contributed by atoms with Crippen molar-refractivity contribution < 1.29 is 14.4 Å². The Morgan fingerprint density at radius 2 is 1.77 bits per heavy atom. The number of nitrogens with zero attached hydrogens (tertiary/aromatic N) is 4. The van der Waals surface area contributed by atoms with Crippen LogP contribution in [-0.2, 0) is 4.79 Å². The van der Waals surface area contributed by atoms with E-state index in [1.165, 1.54) is 38.5 Å². The second-order valence-corrected chi connectivity index (χ2v) is 13.1. The average Bonchev–Trinajstić information content (AvgIpc) is 3.35. The summed E-state index contributed by atoms with van der Waals surface area (Å²) in [6, 6.07) is 5.45. The van der Waals surface area contributed by atoms with Crippen LogP contribution in [0, 0.1) is 29.1 Å². The van der Waals surface area contributed by atoms with Crippen molar-refractivity contribution in [1.82, 2.24) is 29.8 Å². The molecule has 4 saturated carbocycles. The predicted molar refractivity (Wildman–Crippen MR) is 148 cm³/mol. The third kappa shape index (κ3) is 5.42. The summed E-state index contributed by atoms with van der Waals surface area (Å²) in [6.07, 6.45) is 11.1. The quantitative estimate of drug-likeness (QED) is 0.543. The summed E-state index contributed by atoms with van der Waals surface area (Å²) in [7, 11) is 3.95. The van der Waals surface area contributed by atoms with Gasteiger partial charge in [0, 0.05) is 38.9 Å². The number of piperidine rings is 1. The van der Waals surface area contributed by atoms with Crippen LogP contribution in [0.15, 0.2) is 24.4 Å². The van der Waals surface area contributed by atoms with Crippen molar-refractivity contribution in [2.45, 2.75) is 51.4 Å². The van der Waals surface area contributed by atoms with E-state index < -0.39 is 0 Å². The van der Waals surface area contributed by atoms with E-state index in [2.05, 4.69) is 15.6 Å². The number of likely N-dealkylation sites (tertiary alicyclic amines) is 1. The number of imidazole rings is 1.